The Hall–Kier alpha value is -4.04. The summed E-state index contributed by atoms with van der Waals surface area (Å²) in [5.41, 5.74) is 16.8. The highest BCUT2D eigenvalue weighted by atomic mass is 35.5. The third-order valence-electron chi connectivity index (χ3n) is 4.58. The summed E-state index contributed by atoms with van der Waals surface area (Å²) in [5.74, 6) is -1.11. The van der Waals surface area contributed by atoms with Gasteiger partial charge in [-0.1, -0.05) is 48.0 Å². The predicted molar refractivity (Wildman–Crippen MR) is 131 cm³/mol. The topological polar surface area (TPSA) is 132 Å². The number of aliphatic imine (C=N–C) groups is 1. The number of halogens is 1. The van der Waals surface area contributed by atoms with Gasteiger partial charge in [-0.15, -0.1) is 12.4 Å². The fraction of sp³-hybridized carbons (Fsp3) is 0.125. The smallest absolute Gasteiger partial charge is 0.354 e. The van der Waals surface area contributed by atoms with Crippen LogP contribution in [0.2, 0.25) is 0 Å². The van der Waals surface area contributed by atoms with Gasteiger partial charge in [-0.2, -0.15) is 0 Å². The Morgan fingerprint density at radius 3 is 2.18 bits per heavy atom. The maximum atomic E-state index is 12.8. The first-order valence-corrected chi connectivity index (χ1v) is 9.98. The van der Waals surface area contributed by atoms with E-state index < -0.39 is 17.9 Å². The van der Waals surface area contributed by atoms with Crippen molar-refractivity contribution in [2.75, 3.05) is 5.48 Å². The summed E-state index contributed by atoms with van der Waals surface area (Å²) in [6.07, 6.45) is 0.271. The number of guanidine groups is 1. The highest BCUT2D eigenvalue weighted by Gasteiger charge is 2.24. The van der Waals surface area contributed by atoms with Gasteiger partial charge in [0, 0.05) is 12.0 Å². The molecular formula is C24H26ClN5O3. The van der Waals surface area contributed by atoms with E-state index >= 15 is 0 Å². The second-order valence-electron chi connectivity index (χ2n) is 7.19. The Morgan fingerprint density at radius 2 is 1.58 bits per heavy atom. The van der Waals surface area contributed by atoms with Crippen molar-refractivity contribution in [1.82, 2.24) is 5.32 Å². The van der Waals surface area contributed by atoms with Gasteiger partial charge < -0.3 is 21.6 Å². The maximum absolute atomic E-state index is 12.8. The van der Waals surface area contributed by atoms with Crippen molar-refractivity contribution in [1.29, 1.82) is 0 Å². The van der Waals surface area contributed by atoms with Gasteiger partial charge >= 0.3 is 5.97 Å². The third kappa shape index (κ3) is 7.86. The zero-order chi connectivity index (χ0) is 22.9. The number of hydrogen-bond donors (Lipinski definition) is 4. The van der Waals surface area contributed by atoms with Crippen LogP contribution in [0.15, 0.2) is 83.9 Å². The monoisotopic (exact) mass is 467 g/mol. The van der Waals surface area contributed by atoms with Crippen LogP contribution in [-0.4, -0.2) is 23.9 Å². The van der Waals surface area contributed by atoms with Crippen LogP contribution in [0, 0.1) is 6.92 Å². The molecule has 3 aromatic rings. The summed E-state index contributed by atoms with van der Waals surface area (Å²) in [7, 11) is 0. The van der Waals surface area contributed by atoms with Crippen LogP contribution in [0.25, 0.3) is 0 Å². The predicted octanol–water partition coefficient (Wildman–Crippen LogP) is 3.23. The number of rotatable bonds is 8. The van der Waals surface area contributed by atoms with Crippen molar-refractivity contribution in [3.05, 3.63) is 95.6 Å². The second kappa shape index (κ2) is 12.1. The second-order valence-corrected chi connectivity index (χ2v) is 7.19. The van der Waals surface area contributed by atoms with Crippen LogP contribution >= 0.6 is 12.4 Å². The molecule has 9 heteroatoms. The molecule has 0 aliphatic heterocycles. The molecule has 0 heterocycles. The average Bonchev–Trinajstić information content (AvgIpc) is 2.79. The number of nitrogens with zero attached hydrogens (tertiary/aromatic N) is 1. The molecule has 0 fully saturated rings. The van der Waals surface area contributed by atoms with Crippen molar-refractivity contribution in [2.45, 2.75) is 19.4 Å². The van der Waals surface area contributed by atoms with E-state index in [0.717, 1.165) is 11.1 Å². The number of nitrogens with two attached hydrogens (primary N) is 2. The SMILES string of the molecule is Cc1ccc(NOC(=O)[C@H](Cc2ccccc2)NC(=O)c2ccc(N=C(N)N)cc2)cc1.Cl. The van der Waals surface area contributed by atoms with Gasteiger partial charge in [0.25, 0.3) is 5.91 Å². The van der Waals surface area contributed by atoms with Crippen molar-refractivity contribution in [3.8, 4) is 0 Å². The molecule has 0 bridgehead atoms. The number of aryl methyl sites for hydroxylation is 1. The van der Waals surface area contributed by atoms with E-state index in [0.29, 0.717) is 16.9 Å². The van der Waals surface area contributed by atoms with Gasteiger partial charge in [0.05, 0.1) is 11.4 Å². The van der Waals surface area contributed by atoms with Crippen LogP contribution < -0.4 is 22.3 Å². The Morgan fingerprint density at radius 1 is 0.939 bits per heavy atom. The molecule has 1 amide bonds. The first-order chi connectivity index (χ1) is 15.4. The fourth-order valence-corrected chi connectivity index (χ4v) is 2.92. The van der Waals surface area contributed by atoms with E-state index in [1.165, 1.54) is 0 Å². The minimum absolute atomic E-state index is 0. The van der Waals surface area contributed by atoms with Crippen molar-refractivity contribution in [3.63, 3.8) is 0 Å². The van der Waals surface area contributed by atoms with Gasteiger partial charge in [-0.3, -0.25) is 4.79 Å². The molecule has 3 aromatic carbocycles. The van der Waals surface area contributed by atoms with Crippen LogP contribution in [0.3, 0.4) is 0 Å². The standard InChI is InChI=1S/C24H25N5O3.ClH/c1-16-7-11-20(12-8-16)29-32-23(31)21(15-17-5-3-2-4-6-17)28-22(30)18-9-13-19(14-10-18)27-24(25)26;/h2-14,21,29H,15H2,1H3,(H,28,30)(H4,25,26,27);1H/t21-;/m0./s1. The largest absolute Gasteiger partial charge is 0.370 e. The highest BCUT2D eigenvalue weighted by molar-refractivity contribution is 5.97. The minimum atomic E-state index is -0.903. The molecule has 0 saturated carbocycles. The van der Waals surface area contributed by atoms with Gasteiger partial charge in [0.1, 0.15) is 6.04 Å². The zero-order valence-electron chi connectivity index (χ0n) is 18.0. The summed E-state index contributed by atoms with van der Waals surface area (Å²) < 4.78 is 0. The average molecular weight is 468 g/mol. The number of benzene rings is 3. The number of anilines is 1. The lowest BCUT2D eigenvalue weighted by Crippen LogP contribution is -2.44. The molecule has 6 N–H and O–H groups in total. The first-order valence-electron chi connectivity index (χ1n) is 9.98. The zero-order valence-corrected chi connectivity index (χ0v) is 18.8. The molecule has 33 heavy (non-hydrogen) atoms. The summed E-state index contributed by atoms with van der Waals surface area (Å²) in [5, 5.41) is 2.75. The lowest BCUT2D eigenvalue weighted by molar-refractivity contribution is -0.142. The highest BCUT2D eigenvalue weighted by Crippen LogP contribution is 2.14. The quantitative estimate of drug-likeness (QED) is 0.228. The summed E-state index contributed by atoms with van der Waals surface area (Å²) in [6.45, 7) is 1.96. The molecule has 0 unspecified atom stereocenters. The van der Waals surface area contributed by atoms with Crippen molar-refractivity contribution < 1.29 is 14.4 Å². The lowest BCUT2D eigenvalue weighted by Gasteiger charge is -2.18. The Balaban J connectivity index is 0.00000385. The fourth-order valence-electron chi connectivity index (χ4n) is 2.92. The molecule has 0 aromatic heterocycles. The van der Waals surface area contributed by atoms with E-state index in [-0.39, 0.29) is 24.8 Å². The molecule has 1 atom stereocenters. The molecule has 0 aliphatic rings. The lowest BCUT2D eigenvalue weighted by atomic mass is 10.1. The number of hydrogen-bond acceptors (Lipinski definition) is 5. The minimum Gasteiger partial charge on any atom is -0.370 e. The number of amides is 1. The maximum Gasteiger partial charge on any atom is 0.354 e. The van der Waals surface area contributed by atoms with E-state index in [1.807, 2.05) is 49.4 Å². The number of nitrogens with one attached hydrogen (secondary N) is 2. The molecule has 0 aliphatic carbocycles. The Kier molecular flexibility index (Phi) is 9.26. The van der Waals surface area contributed by atoms with E-state index in [1.54, 1.807) is 36.4 Å². The summed E-state index contributed by atoms with van der Waals surface area (Å²) in [6, 6.07) is 22.2. The van der Waals surface area contributed by atoms with Crippen LogP contribution in [0.5, 0.6) is 0 Å². The molecule has 0 saturated heterocycles. The molecule has 8 nitrogen and oxygen atoms in total. The van der Waals surface area contributed by atoms with Gasteiger partial charge in [0.15, 0.2) is 5.96 Å². The van der Waals surface area contributed by atoms with E-state index in [2.05, 4.69) is 15.8 Å². The van der Waals surface area contributed by atoms with Crippen molar-refractivity contribution in [2.24, 2.45) is 16.5 Å². The van der Waals surface area contributed by atoms with Crippen LogP contribution in [-0.2, 0) is 16.1 Å². The van der Waals surface area contributed by atoms with Crippen LogP contribution in [0.4, 0.5) is 11.4 Å². The normalized spacial score (nSPS) is 10.8. The summed E-state index contributed by atoms with van der Waals surface area (Å²) >= 11 is 0. The number of carbonyl (C=O) groups is 2. The molecule has 3 rings (SSSR count). The third-order valence-corrected chi connectivity index (χ3v) is 4.58. The molecular weight excluding hydrogens is 442 g/mol. The Labute approximate surface area is 198 Å². The molecule has 172 valence electrons. The van der Waals surface area contributed by atoms with Crippen LogP contribution in [0.1, 0.15) is 21.5 Å². The van der Waals surface area contributed by atoms with Gasteiger partial charge in [-0.05, 0) is 48.9 Å². The van der Waals surface area contributed by atoms with Gasteiger partial charge in [-0.25, -0.2) is 15.3 Å². The Bertz CT molecular complexity index is 1080. The van der Waals surface area contributed by atoms with Crippen molar-refractivity contribution >= 4 is 41.6 Å². The van der Waals surface area contributed by atoms with E-state index in [9.17, 15) is 9.59 Å². The van der Waals surface area contributed by atoms with Gasteiger partial charge in [0.2, 0.25) is 0 Å². The van der Waals surface area contributed by atoms with E-state index in [4.69, 9.17) is 16.3 Å². The first kappa shape index (κ1) is 25.2. The molecule has 0 spiro atoms. The summed E-state index contributed by atoms with van der Waals surface area (Å²) in [4.78, 5) is 34.7. The number of carbonyl (C=O) groups excluding carboxylic acids is 2. The molecule has 0 radical (unpaired) electrons.